The molecule has 0 bridgehead atoms. The lowest BCUT2D eigenvalue weighted by Crippen LogP contribution is -2.31. The molecule has 0 spiro atoms. The highest BCUT2D eigenvalue weighted by atomic mass is 32.1. The van der Waals surface area contributed by atoms with Crippen LogP contribution in [-0.4, -0.2) is 29.1 Å². The monoisotopic (exact) mass is 254 g/mol. The van der Waals surface area contributed by atoms with E-state index in [0.29, 0.717) is 6.04 Å². The zero-order chi connectivity index (χ0) is 12.3. The molecule has 0 radical (unpaired) electrons. The van der Waals surface area contributed by atoms with E-state index in [1.165, 1.54) is 49.9 Å². The summed E-state index contributed by atoms with van der Waals surface area (Å²) in [6.45, 7) is 0. The molecule has 17 heavy (non-hydrogen) atoms. The van der Waals surface area contributed by atoms with Gasteiger partial charge in [0.25, 0.3) is 0 Å². The fraction of sp³-hybridized carbons (Fsp3) is 0.667. The molecule has 2 rings (SSSR count). The van der Waals surface area contributed by atoms with Crippen molar-refractivity contribution < 1.29 is 9.90 Å². The van der Waals surface area contributed by atoms with Crippen molar-refractivity contribution in [3.8, 4) is 0 Å². The van der Waals surface area contributed by atoms with Crippen LogP contribution in [0.4, 0.5) is 5.13 Å². The van der Waals surface area contributed by atoms with E-state index in [-0.39, 0.29) is 5.69 Å². The van der Waals surface area contributed by atoms with Crippen molar-refractivity contribution in [3.05, 3.63) is 11.1 Å². The van der Waals surface area contributed by atoms with Crippen LogP contribution in [0.1, 0.15) is 49.0 Å². The molecule has 0 aliphatic heterocycles. The van der Waals surface area contributed by atoms with Crippen LogP contribution in [0.25, 0.3) is 0 Å². The molecule has 1 aromatic heterocycles. The number of carboxylic acids is 1. The molecular formula is C12H18N2O2S. The number of carbonyl (C=O) groups is 1. The van der Waals surface area contributed by atoms with Gasteiger partial charge in [0, 0.05) is 18.5 Å². The first kappa shape index (κ1) is 12.4. The summed E-state index contributed by atoms with van der Waals surface area (Å²) in [7, 11) is 2.03. The van der Waals surface area contributed by atoms with Gasteiger partial charge in [-0.05, 0) is 12.8 Å². The Hall–Kier alpha value is -1.10. The lowest BCUT2D eigenvalue weighted by Gasteiger charge is -2.26. The van der Waals surface area contributed by atoms with Gasteiger partial charge in [-0.15, -0.1) is 11.3 Å². The average Bonchev–Trinajstić information content (AvgIpc) is 2.65. The minimum absolute atomic E-state index is 0.158. The molecule has 4 nitrogen and oxygen atoms in total. The van der Waals surface area contributed by atoms with Gasteiger partial charge < -0.3 is 10.0 Å². The Morgan fingerprint density at radius 1 is 1.41 bits per heavy atom. The minimum atomic E-state index is -0.943. The highest BCUT2D eigenvalue weighted by Crippen LogP contribution is 2.27. The van der Waals surface area contributed by atoms with Crippen LogP contribution in [0, 0.1) is 0 Å². The molecule has 0 aromatic carbocycles. The van der Waals surface area contributed by atoms with Crippen LogP contribution < -0.4 is 4.90 Å². The van der Waals surface area contributed by atoms with E-state index < -0.39 is 5.97 Å². The zero-order valence-electron chi connectivity index (χ0n) is 10.1. The number of aromatic nitrogens is 1. The summed E-state index contributed by atoms with van der Waals surface area (Å²) in [5.74, 6) is -0.943. The molecule has 1 saturated carbocycles. The summed E-state index contributed by atoms with van der Waals surface area (Å²) in [6.07, 6.45) is 7.57. The van der Waals surface area contributed by atoms with E-state index in [2.05, 4.69) is 9.88 Å². The second kappa shape index (κ2) is 5.49. The largest absolute Gasteiger partial charge is 0.476 e. The van der Waals surface area contributed by atoms with E-state index in [1.54, 1.807) is 5.38 Å². The van der Waals surface area contributed by atoms with Crippen molar-refractivity contribution in [1.29, 1.82) is 0 Å². The smallest absolute Gasteiger partial charge is 0.355 e. The summed E-state index contributed by atoms with van der Waals surface area (Å²) >= 11 is 1.42. The minimum Gasteiger partial charge on any atom is -0.476 e. The quantitative estimate of drug-likeness (QED) is 0.842. The Balaban J connectivity index is 2.06. The molecule has 0 unspecified atom stereocenters. The first-order valence-electron chi connectivity index (χ1n) is 6.10. The number of hydrogen-bond acceptors (Lipinski definition) is 4. The van der Waals surface area contributed by atoms with Gasteiger partial charge in [0.15, 0.2) is 10.8 Å². The Bertz CT molecular complexity index is 384. The number of anilines is 1. The maximum atomic E-state index is 10.8. The third-order valence-corrected chi connectivity index (χ3v) is 4.32. The van der Waals surface area contributed by atoms with Crippen molar-refractivity contribution in [2.75, 3.05) is 11.9 Å². The standard InChI is InChI=1S/C12H18N2O2S/c1-14(9-6-4-2-3-5-7-9)12-13-10(8-17-12)11(15)16/h8-9H,2-7H2,1H3,(H,15,16). The molecule has 0 atom stereocenters. The van der Waals surface area contributed by atoms with Crippen LogP contribution in [0.3, 0.4) is 0 Å². The molecule has 1 aliphatic rings. The Kier molecular flexibility index (Phi) is 3.99. The van der Waals surface area contributed by atoms with Crippen LogP contribution in [0.2, 0.25) is 0 Å². The maximum absolute atomic E-state index is 10.8. The Labute approximate surface area is 105 Å². The Morgan fingerprint density at radius 2 is 2.06 bits per heavy atom. The van der Waals surface area contributed by atoms with E-state index in [4.69, 9.17) is 5.11 Å². The molecule has 1 N–H and O–H groups in total. The summed E-state index contributed by atoms with van der Waals surface area (Å²) in [4.78, 5) is 17.1. The third-order valence-electron chi connectivity index (χ3n) is 3.39. The predicted molar refractivity (Wildman–Crippen MR) is 69.0 cm³/mol. The van der Waals surface area contributed by atoms with E-state index in [0.717, 1.165) is 5.13 Å². The van der Waals surface area contributed by atoms with E-state index in [9.17, 15) is 4.79 Å². The molecular weight excluding hydrogens is 236 g/mol. The third kappa shape index (κ3) is 2.97. The maximum Gasteiger partial charge on any atom is 0.355 e. The number of thiazole rings is 1. The van der Waals surface area contributed by atoms with Crippen LogP contribution in [-0.2, 0) is 0 Å². The molecule has 1 aliphatic carbocycles. The molecule has 0 amide bonds. The topological polar surface area (TPSA) is 53.4 Å². The SMILES string of the molecule is CN(c1nc(C(=O)O)cs1)C1CCCCCC1. The van der Waals surface area contributed by atoms with Crippen molar-refractivity contribution >= 4 is 22.4 Å². The van der Waals surface area contributed by atoms with Gasteiger partial charge in [0.05, 0.1) is 0 Å². The number of hydrogen-bond donors (Lipinski definition) is 1. The highest BCUT2D eigenvalue weighted by molar-refractivity contribution is 7.13. The molecule has 0 saturated heterocycles. The number of nitrogens with zero attached hydrogens (tertiary/aromatic N) is 2. The zero-order valence-corrected chi connectivity index (χ0v) is 10.9. The Morgan fingerprint density at radius 3 is 2.59 bits per heavy atom. The molecule has 5 heteroatoms. The van der Waals surface area contributed by atoms with Gasteiger partial charge in [-0.25, -0.2) is 9.78 Å². The fourth-order valence-electron chi connectivity index (χ4n) is 2.33. The molecule has 1 aromatic rings. The summed E-state index contributed by atoms with van der Waals surface area (Å²) < 4.78 is 0. The van der Waals surface area contributed by atoms with Gasteiger partial charge in [-0.2, -0.15) is 0 Å². The predicted octanol–water partition coefficient (Wildman–Crippen LogP) is 3.00. The van der Waals surface area contributed by atoms with Gasteiger partial charge >= 0.3 is 5.97 Å². The molecule has 94 valence electrons. The van der Waals surface area contributed by atoms with Crippen molar-refractivity contribution in [3.63, 3.8) is 0 Å². The number of rotatable bonds is 3. The van der Waals surface area contributed by atoms with Gasteiger partial charge in [-0.1, -0.05) is 25.7 Å². The molecule has 1 heterocycles. The van der Waals surface area contributed by atoms with Crippen molar-refractivity contribution in [1.82, 2.24) is 4.98 Å². The van der Waals surface area contributed by atoms with Gasteiger partial charge in [0.1, 0.15) is 0 Å². The number of carboxylic acid groups (broad SMARTS) is 1. The van der Waals surface area contributed by atoms with Crippen LogP contribution in [0.15, 0.2) is 5.38 Å². The normalized spacial score (nSPS) is 17.7. The summed E-state index contributed by atoms with van der Waals surface area (Å²) in [5, 5.41) is 11.3. The second-order valence-electron chi connectivity index (χ2n) is 4.58. The van der Waals surface area contributed by atoms with Crippen molar-refractivity contribution in [2.45, 2.75) is 44.6 Å². The second-order valence-corrected chi connectivity index (χ2v) is 5.41. The lowest BCUT2D eigenvalue weighted by atomic mass is 10.1. The van der Waals surface area contributed by atoms with Crippen molar-refractivity contribution in [2.24, 2.45) is 0 Å². The van der Waals surface area contributed by atoms with E-state index in [1.807, 2.05) is 7.05 Å². The first-order chi connectivity index (χ1) is 8.18. The first-order valence-corrected chi connectivity index (χ1v) is 6.98. The fourth-order valence-corrected chi connectivity index (χ4v) is 3.16. The highest BCUT2D eigenvalue weighted by Gasteiger charge is 2.20. The summed E-state index contributed by atoms with van der Waals surface area (Å²) in [6, 6.07) is 0.519. The summed E-state index contributed by atoms with van der Waals surface area (Å²) in [5.41, 5.74) is 0.158. The molecule has 1 fully saturated rings. The lowest BCUT2D eigenvalue weighted by molar-refractivity contribution is 0.0691. The van der Waals surface area contributed by atoms with Crippen LogP contribution >= 0.6 is 11.3 Å². The van der Waals surface area contributed by atoms with Crippen LogP contribution in [0.5, 0.6) is 0 Å². The number of aromatic carboxylic acids is 1. The van der Waals surface area contributed by atoms with Gasteiger partial charge in [-0.3, -0.25) is 0 Å². The van der Waals surface area contributed by atoms with Gasteiger partial charge in [0.2, 0.25) is 0 Å². The van der Waals surface area contributed by atoms with E-state index >= 15 is 0 Å². The average molecular weight is 254 g/mol.